The Kier molecular flexibility index (Phi) is 4.03. The number of aliphatic hydroxyl groups is 2. The van der Waals surface area contributed by atoms with Gasteiger partial charge in [0.1, 0.15) is 5.76 Å². The van der Waals surface area contributed by atoms with Crippen molar-refractivity contribution >= 4 is 28.4 Å². The van der Waals surface area contributed by atoms with Crippen molar-refractivity contribution in [3.8, 4) is 0 Å². The number of anilines is 3. The highest BCUT2D eigenvalue weighted by Crippen LogP contribution is 2.36. The molecule has 0 saturated heterocycles. The fraction of sp³-hybridized carbons (Fsp3) is 0.0455. The van der Waals surface area contributed by atoms with Gasteiger partial charge in [0.2, 0.25) is 5.78 Å². The maximum Gasteiger partial charge on any atom is 0.203 e. The molecule has 0 heterocycles. The van der Waals surface area contributed by atoms with Crippen molar-refractivity contribution in [2.45, 2.75) is 6.10 Å². The second kappa shape index (κ2) is 6.50. The number of ketones is 1. The summed E-state index contributed by atoms with van der Waals surface area (Å²) in [6.07, 6.45) is -1.38. The van der Waals surface area contributed by atoms with Crippen LogP contribution in [0.25, 0.3) is 5.57 Å². The molecule has 3 aromatic carbocycles. The van der Waals surface area contributed by atoms with Crippen LogP contribution < -0.4 is 4.90 Å². The molecule has 128 valence electrons. The third kappa shape index (κ3) is 2.66. The van der Waals surface area contributed by atoms with Crippen LogP contribution in [0.5, 0.6) is 0 Å². The summed E-state index contributed by atoms with van der Waals surface area (Å²) in [5, 5.41) is 19.1. The Morgan fingerprint density at radius 3 is 1.62 bits per heavy atom. The largest absolute Gasteiger partial charge is 0.508 e. The Bertz CT molecular complexity index is 924. The van der Waals surface area contributed by atoms with Gasteiger partial charge in [-0.25, -0.2) is 0 Å². The number of Topliss-reactive ketones (excluding diaryl/α,β-unsaturated/α-hetero) is 1. The van der Waals surface area contributed by atoms with Crippen LogP contribution in [-0.2, 0) is 4.79 Å². The summed E-state index contributed by atoms with van der Waals surface area (Å²) >= 11 is 0. The molecule has 26 heavy (non-hydrogen) atoms. The van der Waals surface area contributed by atoms with Crippen LogP contribution in [-0.4, -0.2) is 22.1 Å². The number of aliphatic hydroxyl groups excluding tert-OH is 2. The van der Waals surface area contributed by atoms with E-state index in [0.717, 1.165) is 17.1 Å². The summed E-state index contributed by atoms with van der Waals surface area (Å²) in [6.45, 7) is 0. The van der Waals surface area contributed by atoms with Gasteiger partial charge in [-0.3, -0.25) is 4.79 Å². The van der Waals surface area contributed by atoms with Gasteiger partial charge < -0.3 is 15.1 Å². The Hall–Kier alpha value is -3.37. The molecule has 4 rings (SSSR count). The quantitative estimate of drug-likeness (QED) is 0.738. The van der Waals surface area contributed by atoms with Gasteiger partial charge in [0, 0.05) is 17.1 Å². The highest BCUT2D eigenvalue weighted by molar-refractivity contribution is 6.31. The first-order chi connectivity index (χ1) is 12.7. The molecule has 1 aliphatic rings. The lowest BCUT2D eigenvalue weighted by atomic mass is 9.86. The SMILES string of the molecule is O=C1C(c2ccc(N(c3ccccc3)c3ccccc3)cc2)=C(O)C1O. The summed E-state index contributed by atoms with van der Waals surface area (Å²) in [6, 6.07) is 27.3. The first-order valence-corrected chi connectivity index (χ1v) is 8.33. The maximum absolute atomic E-state index is 11.8. The minimum Gasteiger partial charge on any atom is -0.508 e. The lowest BCUT2D eigenvalue weighted by Gasteiger charge is -2.27. The molecule has 3 aromatic rings. The van der Waals surface area contributed by atoms with E-state index in [2.05, 4.69) is 4.90 Å². The van der Waals surface area contributed by atoms with Crippen LogP contribution in [0.3, 0.4) is 0 Å². The predicted octanol–water partition coefficient (Wildman–Crippen LogP) is 4.37. The van der Waals surface area contributed by atoms with E-state index in [4.69, 9.17) is 0 Å². The van der Waals surface area contributed by atoms with Gasteiger partial charge >= 0.3 is 0 Å². The topological polar surface area (TPSA) is 60.8 Å². The van der Waals surface area contributed by atoms with Crippen LogP contribution in [0.4, 0.5) is 17.1 Å². The van der Waals surface area contributed by atoms with Crippen molar-refractivity contribution in [2.24, 2.45) is 0 Å². The van der Waals surface area contributed by atoms with E-state index in [9.17, 15) is 15.0 Å². The zero-order chi connectivity index (χ0) is 18.1. The van der Waals surface area contributed by atoms with Crippen LogP contribution in [0.15, 0.2) is 90.7 Å². The number of rotatable bonds is 4. The van der Waals surface area contributed by atoms with Gasteiger partial charge in [0.05, 0.1) is 5.57 Å². The van der Waals surface area contributed by atoms with Crippen molar-refractivity contribution in [2.75, 3.05) is 4.90 Å². The second-order valence-corrected chi connectivity index (χ2v) is 6.08. The smallest absolute Gasteiger partial charge is 0.203 e. The number of carbonyl (C=O) groups excluding carboxylic acids is 1. The number of benzene rings is 3. The highest BCUT2D eigenvalue weighted by atomic mass is 16.3. The van der Waals surface area contributed by atoms with Gasteiger partial charge in [-0.1, -0.05) is 48.5 Å². The van der Waals surface area contributed by atoms with E-state index >= 15 is 0 Å². The fourth-order valence-electron chi connectivity index (χ4n) is 3.11. The molecule has 1 aliphatic carbocycles. The maximum atomic E-state index is 11.8. The standard InChI is InChI=1S/C22H17NO3/c24-20-19(21(25)22(20)26)15-11-13-18(14-12-15)23(16-7-3-1-4-8-16)17-9-5-2-6-10-17/h1-14,22,24,26H. The van der Waals surface area contributed by atoms with Gasteiger partial charge in [-0.2, -0.15) is 0 Å². The number of nitrogens with zero attached hydrogens (tertiary/aromatic N) is 1. The molecule has 1 unspecified atom stereocenters. The summed E-state index contributed by atoms with van der Waals surface area (Å²) in [4.78, 5) is 13.9. The zero-order valence-electron chi connectivity index (χ0n) is 13.9. The average Bonchev–Trinajstić information content (AvgIpc) is 2.71. The van der Waals surface area contributed by atoms with Crippen LogP contribution in [0.1, 0.15) is 5.56 Å². The third-order valence-electron chi connectivity index (χ3n) is 4.45. The second-order valence-electron chi connectivity index (χ2n) is 6.08. The lowest BCUT2D eigenvalue weighted by Crippen LogP contribution is -2.35. The number of hydrogen-bond donors (Lipinski definition) is 2. The molecule has 0 amide bonds. The minimum absolute atomic E-state index is 0.190. The van der Waals surface area contributed by atoms with Gasteiger partial charge in [0.15, 0.2) is 6.10 Å². The third-order valence-corrected chi connectivity index (χ3v) is 4.45. The zero-order valence-corrected chi connectivity index (χ0v) is 13.9. The molecule has 2 N–H and O–H groups in total. The van der Waals surface area contributed by atoms with Gasteiger partial charge in [-0.05, 0) is 42.0 Å². The normalized spacial score (nSPS) is 16.3. The molecule has 0 radical (unpaired) electrons. The summed E-state index contributed by atoms with van der Waals surface area (Å²) in [5.41, 5.74) is 3.75. The summed E-state index contributed by atoms with van der Waals surface area (Å²) in [5.74, 6) is -0.705. The summed E-state index contributed by atoms with van der Waals surface area (Å²) in [7, 11) is 0. The average molecular weight is 343 g/mol. The Labute approximate surface area is 151 Å². The van der Waals surface area contributed by atoms with E-state index < -0.39 is 11.9 Å². The Balaban J connectivity index is 1.75. The summed E-state index contributed by atoms with van der Waals surface area (Å²) < 4.78 is 0. The fourth-order valence-corrected chi connectivity index (χ4v) is 3.11. The molecule has 4 heteroatoms. The molecular formula is C22H17NO3. The Morgan fingerprint density at radius 2 is 1.15 bits per heavy atom. The predicted molar refractivity (Wildman–Crippen MR) is 102 cm³/mol. The van der Waals surface area contributed by atoms with Crippen LogP contribution in [0.2, 0.25) is 0 Å². The molecule has 0 aromatic heterocycles. The molecule has 1 atom stereocenters. The van der Waals surface area contributed by atoms with E-state index in [0.29, 0.717) is 5.56 Å². The molecule has 0 saturated carbocycles. The molecule has 0 aliphatic heterocycles. The first kappa shape index (κ1) is 16.1. The van der Waals surface area contributed by atoms with E-state index in [1.807, 2.05) is 72.8 Å². The number of hydrogen-bond acceptors (Lipinski definition) is 4. The van der Waals surface area contributed by atoms with E-state index in [1.165, 1.54) is 0 Å². The van der Waals surface area contributed by atoms with Crippen LogP contribution in [0, 0.1) is 0 Å². The van der Waals surface area contributed by atoms with Crippen molar-refractivity contribution in [3.05, 3.63) is 96.3 Å². The van der Waals surface area contributed by atoms with Crippen molar-refractivity contribution in [1.29, 1.82) is 0 Å². The molecule has 0 fully saturated rings. The first-order valence-electron chi connectivity index (χ1n) is 8.33. The van der Waals surface area contributed by atoms with E-state index in [-0.39, 0.29) is 11.3 Å². The van der Waals surface area contributed by atoms with Crippen molar-refractivity contribution < 1.29 is 15.0 Å². The van der Waals surface area contributed by atoms with Gasteiger partial charge in [-0.15, -0.1) is 0 Å². The monoisotopic (exact) mass is 343 g/mol. The lowest BCUT2D eigenvalue weighted by molar-refractivity contribution is -0.123. The Morgan fingerprint density at radius 1 is 0.692 bits per heavy atom. The van der Waals surface area contributed by atoms with Crippen LogP contribution >= 0.6 is 0 Å². The molecule has 0 bridgehead atoms. The minimum atomic E-state index is -1.38. The highest BCUT2D eigenvalue weighted by Gasteiger charge is 2.38. The van der Waals surface area contributed by atoms with E-state index in [1.54, 1.807) is 12.1 Å². The molecular weight excluding hydrogens is 326 g/mol. The number of carbonyl (C=O) groups is 1. The van der Waals surface area contributed by atoms with Crippen molar-refractivity contribution in [1.82, 2.24) is 0 Å². The van der Waals surface area contributed by atoms with Gasteiger partial charge in [0.25, 0.3) is 0 Å². The molecule has 0 spiro atoms. The number of para-hydroxylation sites is 2. The van der Waals surface area contributed by atoms with Crippen molar-refractivity contribution in [3.63, 3.8) is 0 Å². The molecule has 4 nitrogen and oxygen atoms in total.